The number of aliphatic hydroxyl groups is 1. The van der Waals surface area contributed by atoms with Gasteiger partial charge in [-0.05, 0) is 19.1 Å². The van der Waals surface area contributed by atoms with Crippen molar-refractivity contribution in [3.8, 4) is 0 Å². The molecule has 0 bridgehead atoms. The second-order valence-corrected chi connectivity index (χ2v) is 2.99. The highest BCUT2D eigenvalue weighted by Crippen LogP contribution is 2.13. The quantitative estimate of drug-likeness (QED) is 0.720. The number of nitrogens with zero attached hydrogens (tertiary/aromatic N) is 2. The fourth-order valence-electron chi connectivity index (χ4n) is 1.32. The smallest absolute Gasteiger partial charge is 0.0853 e. The first-order valence-corrected chi connectivity index (χ1v) is 4.73. The van der Waals surface area contributed by atoms with Gasteiger partial charge < -0.3 is 10.0 Å². The van der Waals surface area contributed by atoms with Crippen LogP contribution < -0.4 is 4.90 Å². The lowest BCUT2D eigenvalue weighted by Crippen LogP contribution is -2.22. The molecule has 0 aliphatic rings. The van der Waals surface area contributed by atoms with E-state index in [0.717, 1.165) is 18.8 Å². The van der Waals surface area contributed by atoms with Gasteiger partial charge in [-0.25, -0.2) is 0 Å². The Morgan fingerprint density at radius 1 is 1.64 bits per heavy atom. The predicted molar refractivity (Wildman–Crippen MR) is 58.2 cm³/mol. The van der Waals surface area contributed by atoms with E-state index in [4.69, 9.17) is 5.11 Å². The first-order valence-electron chi connectivity index (χ1n) is 4.73. The average molecular weight is 192 g/mol. The van der Waals surface area contributed by atoms with Gasteiger partial charge in [-0.3, -0.25) is 4.98 Å². The van der Waals surface area contributed by atoms with Crippen molar-refractivity contribution < 1.29 is 5.11 Å². The summed E-state index contributed by atoms with van der Waals surface area (Å²) in [7, 11) is 0. The van der Waals surface area contributed by atoms with Crippen molar-refractivity contribution >= 4 is 5.69 Å². The minimum Gasteiger partial charge on any atom is -0.390 e. The zero-order valence-electron chi connectivity index (χ0n) is 8.48. The highest BCUT2D eigenvalue weighted by atomic mass is 16.3. The first-order chi connectivity index (χ1) is 6.81. The predicted octanol–water partition coefficient (Wildman–Crippen LogP) is 1.59. The molecule has 0 atom stereocenters. The molecule has 0 aromatic carbocycles. The summed E-state index contributed by atoms with van der Waals surface area (Å²) in [5, 5.41) is 8.95. The van der Waals surface area contributed by atoms with Crippen LogP contribution in [-0.4, -0.2) is 23.2 Å². The van der Waals surface area contributed by atoms with Gasteiger partial charge in [-0.2, -0.15) is 0 Å². The van der Waals surface area contributed by atoms with Crippen LogP contribution in [0.5, 0.6) is 0 Å². The molecular weight excluding hydrogens is 176 g/mol. The van der Waals surface area contributed by atoms with E-state index in [1.807, 2.05) is 18.2 Å². The van der Waals surface area contributed by atoms with Crippen LogP contribution in [0.3, 0.4) is 0 Å². The van der Waals surface area contributed by atoms with Gasteiger partial charge in [0.2, 0.25) is 0 Å². The van der Waals surface area contributed by atoms with E-state index in [0.29, 0.717) is 5.69 Å². The summed E-state index contributed by atoms with van der Waals surface area (Å²) < 4.78 is 0. The van der Waals surface area contributed by atoms with Gasteiger partial charge in [0.05, 0.1) is 12.3 Å². The third-order valence-corrected chi connectivity index (χ3v) is 2.06. The molecule has 0 saturated carbocycles. The van der Waals surface area contributed by atoms with Crippen LogP contribution in [0.25, 0.3) is 0 Å². The second-order valence-electron chi connectivity index (χ2n) is 2.99. The number of hydrogen-bond acceptors (Lipinski definition) is 3. The second kappa shape index (κ2) is 5.40. The van der Waals surface area contributed by atoms with Gasteiger partial charge in [0.25, 0.3) is 0 Å². The fourth-order valence-corrected chi connectivity index (χ4v) is 1.32. The lowest BCUT2D eigenvalue weighted by atomic mass is 10.3. The summed E-state index contributed by atoms with van der Waals surface area (Å²) in [6, 6.07) is 3.83. The van der Waals surface area contributed by atoms with Crippen LogP contribution in [0.1, 0.15) is 12.6 Å². The molecule has 1 aromatic rings. The number of aliphatic hydroxyl groups excluding tert-OH is 1. The molecule has 1 N–H and O–H groups in total. The summed E-state index contributed by atoms with van der Waals surface area (Å²) in [6.07, 6.45) is 3.58. The molecule has 0 fully saturated rings. The molecule has 0 unspecified atom stereocenters. The van der Waals surface area contributed by atoms with Crippen molar-refractivity contribution in [2.24, 2.45) is 0 Å². The number of pyridine rings is 1. The summed E-state index contributed by atoms with van der Waals surface area (Å²) in [4.78, 5) is 6.19. The van der Waals surface area contributed by atoms with Gasteiger partial charge in [0, 0.05) is 25.0 Å². The molecule has 14 heavy (non-hydrogen) atoms. The van der Waals surface area contributed by atoms with Crippen molar-refractivity contribution in [2.45, 2.75) is 13.5 Å². The topological polar surface area (TPSA) is 36.4 Å². The van der Waals surface area contributed by atoms with Crippen LogP contribution >= 0.6 is 0 Å². The van der Waals surface area contributed by atoms with Crippen molar-refractivity contribution in [1.82, 2.24) is 4.98 Å². The monoisotopic (exact) mass is 192 g/mol. The molecule has 0 radical (unpaired) electrons. The Bertz CT molecular complexity index is 299. The molecule has 0 spiro atoms. The molecule has 1 heterocycles. The van der Waals surface area contributed by atoms with E-state index in [1.165, 1.54) is 0 Å². The molecule has 0 aliphatic heterocycles. The molecule has 0 amide bonds. The van der Waals surface area contributed by atoms with Crippen LogP contribution in [0.2, 0.25) is 0 Å². The van der Waals surface area contributed by atoms with Gasteiger partial charge in [0.1, 0.15) is 0 Å². The number of rotatable bonds is 5. The largest absolute Gasteiger partial charge is 0.390 e. The lowest BCUT2D eigenvalue weighted by molar-refractivity contribution is 0.277. The molecule has 3 heteroatoms. The van der Waals surface area contributed by atoms with E-state index >= 15 is 0 Å². The molecule has 0 saturated heterocycles. The zero-order valence-corrected chi connectivity index (χ0v) is 8.48. The zero-order chi connectivity index (χ0) is 10.4. The maximum Gasteiger partial charge on any atom is 0.0853 e. The SMILES string of the molecule is C=CCN(CC)c1ccnc(CO)c1. The third-order valence-electron chi connectivity index (χ3n) is 2.06. The van der Waals surface area contributed by atoms with Gasteiger partial charge in [-0.15, -0.1) is 6.58 Å². The minimum atomic E-state index is -0.0144. The normalized spacial score (nSPS) is 9.86. The number of aromatic nitrogens is 1. The maximum absolute atomic E-state index is 8.95. The van der Waals surface area contributed by atoms with E-state index < -0.39 is 0 Å². The van der Waals surface area contributed by atoms with Crippen molar-refractivity contribution in [3.63, 3.8) is 0 Å². The van der Waals surface area contributed by atoms with Crippen molar-refractivity contribution in [1.29, 1.82) is 0 Å². The Hall–Kier alpha value is -1.35. The fraction of sp³-hybridized carbons (Fsp3) is 0.364. The number of anilines is 1. The van der Waals surface area contributed by atoms with Crippen LogP contribution in [-0.2, 0) is 6.61 Å². The summed E-state index contributed by atoms with van der Waals surface area (Å²) in [5.74, 6) is 0. The Balaban J connectivity index is 2.85. The standard InChI is InChI=1S/C11H16N2O/c1-3-7-13(4-2)11-5-6-12-10(8-11)9-14/h3,5-6,8,14H,1,4,7,9H2,2H3. The number of likely N-dealkylation sites (N-methyl/N-ethyl adjacent to an activating group) is 1. The molecule has 3 nitrogen and oxygen atoms in total. The summed E-state index contributed by atoms with van der Waals surface area (Å²) in [6.45, 7) is 7.51. The molecule has 76 valence electrons. The van der Waals surface area contributed by atoms with Gasteiger partial charge >= 0.3 is 0 Å². The van der Waals surface area contributed by atoms with Gasteiger partial charge in [0.15, 0.2) is 0 Å². The van der Waals surface area contributed by atoms with Crippen LogP contribution in [0.15, 0.2) is 31.0 Å². The average Bonchev–Trinajstić information content (AvgIpc) is 2.26. The van der Waals surface area contributed by atoms with E-state index in [9.17, 15) is 0 Å². The Labute approximate surface area is 84.7 Å². The van der Waals surface area contributed by atoms with E-state index in [-0.39, 0.29) is 6.61 Å². The van der Waals surface area contributed by atoms with Crippen LogP contribution in [0.4, 0.5) is 5.69 Å². The van der Waals surface area contributed by atoms with Gasteiger partial charge in [-0.1, -0.05) is 6.08 Å². The highest BCUT2D eigenvalue weighted by molar-refractivity contribution is 5.46. The highest BCUT2D eigenvalue weighted by Gasteiger charge is 2.02. The minimum absolute atomic E-state index is 0.0144. The molecule has 1 rings (SSSR count). The first kappa shape index (κ1) is 10.7. The molecule has 1 aromatic heterocycles. The molecule has 0 aliphatic carbocycles. The van der Waals surface area contributed by atoms with E-state index in [1.54, 1.807) is 6.20 Å². The van der Waals surface area contributed by atoms with E-state index in [2.05, 4.69) is 23.4 Å². The number of hydrogen-bond donors (Lipinski definition) is 1. The third kappa shape index (κ3) is 2.57. The lowest BCUT2D eigenvalue weighted by Gasteiger charge is -2.21. The summed E-state index contributed by atoms with van der Waals surface area (Å²) >= 11 is 0. The van der Waals surface area contributed by atoms with Crippen molar-refractivity contribution in [2.75, 3.05) is 18.0 Å². The van der Waals surface area contributed by atoms with Crippen LogP contribution in [0, 0.1) is 0 Å². The Morgan fingerprint density at radius 2 is 2.43 bits per heavy atom. The Morgan fingerprint density at radius 3 is 3.00 bits per heavy atom. The summed E-state index contributed by atoms with van der Waals surface area (Å²) in [5.41, 5.74) is 1.77. The molecular formula is C11H16N2O. The Kier molecular flexibility index (Phi) is 4.13. The maximum atomic E-state index is 8.95. The van der Waals surface area contributed by atoms with Crippen molar-refractivity contribution in [3.05, 3.63) is 36.7 Å².